The molecule has 1 N–H and O–H groups in total. The summed E-state index contributed by atoms with van der Waals surface area (Å²) in [5.74, 6) is 1.40. The van der Waals surface area contributed by atoms with Crippen LogP contribution in [0.1, 0.15) is 12.8 Å². The van der Waals surface area contributed by atoms with Crippen molar-refractivity contribution in [2.75, 3.05) is 17.7 Å². The summed E-state index contributed by atoms with van der Waals surface area (Å²) in [5, 5.41) is 11.9. The summed E-state index contributed by atoms with van der Waals surface area (Å²) in [5.41, 5.74) is 0. The second kappa shape index (κ2) is 6.32. The van der Waals surface area contributed by atoms with Crippen LogP contribution in [0.25, 0.3) is 0 Å². The lowest BCUT2D eigenvalue weighted by Gasteiger charge is -2.13. The summed E-state index contributed by atoms with van der Waals surface area (Å²) in [4.78, 5) is 20.3. The topological polar surface area (TPSA) is 92.6 Å². The Balaban J connectivity index is 1.71. The molecule has 0 aliphatic carbocycles. The lowest BCUT2D eigenvalue weighted by molar-refractivity contribution is -0.118. The van der Waals surface area contributed by atoms with Crippen LogP contribution in [0.5, 0.6) is 0 Å². The number of thioether (sulfide) groups is 1. The Kier molecular flexibility index (Phi) is 4.50. The van der Waals surface area contributed by atoms with Gasteiger partial charge in [0.2, 0.25) is 17.0 Å². The Hall–Kier alpha value is -1.90. The normalized spacial score (nSPS) is 10.6. The highest BCUT2D eigenvalue weighted by atomic mass is 32.2. The number of imidazole rings is 1. The van der Waals surface area contributed by atoms with Crippen molar-refractivity contribution in [2.24, 2.45) is 7.05 Å². The molecule has 8 nitrogen and oxygen atoms in total. The van der Waals surface area contributed by atoms with Gasteiger partial charge < -0.3 is 4.98 Å². The zero-order valence-electron chi connectivity index (χ0n) is 10.8. The molecule has 0 spiro atoms. The molecule has 0 unspecified atom stereocenters. The third-order valence-corrected chi connectivity index (χ3v) is 3.62. The standard InChI is InChI=1S/C10H15N7OS/c1-16(9-11-5-6-12-9)8(18)4-3-7-19-10-13-14-15-17(10)2/h5-6H,3-4,7H2,1-2H3,(H,11,12). The molecule has 0 saturated heterocycles. The van der Waals surface area contributed by atoms with Crippen molar-refractivity contribution in [2.45, 2.75) is 18.0 Å². The van der Waals surface area contributed by atoms with Crippen molar-refractivity contribution in [3.8, 4) is 0 Å². The fourth-order valence-corrected chi connectivity index (χ4v) is 2.25. The van der Waals surface area contributed by atoms with Crippen LogP contribution in [-0.2, 0) is 11.8 Å². The van der Waals surface area contributed by atoms with E-state index >= 15 is 0 Å². The van der Waals surface area contributed by atoms with Crippen molar-refractivity contribution in [3.05, 3.63) is 12.4 Å². The molecular weight excluding hydrogens is 266 g/mol. The van der Waals surface area contributed by atoms with E-state index in [0.29, 0.717) is 12.4 Å². The van der Waals surface area contributed by atoms with E-state index in [9.17, 15) is 4.79 Å². The van der Waals surface area contributed by atoms with Crippen LogP contribution >= 0.6 is 11.8 Å². The predicted molar refractivity (Wildman–Crippen MR) is 70.8 cm³/mol. The fraction of sp³-hybridized carbons (Fsp3) is 0.500. The van der Waals surface area contributed by atoms with E-state index in [-0.39, 0.29) is 5.91 Å². The molecule has 2 heterocycles. The average molecular weight is 281 g/mol. The molecular formula is C10H15N7OS. The van der Waals surface area contributed by atoms with E-state index in [1.807, 2.05) is 0 Å². The van der Waals surface area contributed by atoms with Crippen LogP contribution < -0.4 is 4.90 Å². The van der Waals surface area contributed by atoms with Crippen LogP contribution in [0.2, 0.25) is 0 Å². The number of H-pyrrole nitrogens is 1. The van der Waals surface area contributed by atoms with Crippen LogP contribution in [0.15, 0.2) is 17.6 Å². The number of aryl methyl sites for hydroxylation is 1. The summed E-state index contributed by atoms with van der Waals surface area (Å²) in [7, 11) is 3.50. The second-order valence-electron chi connectivity index (χ2n) is 3.90. The van der Waals surface area contributed by atoms with Gasteiger partial charge in [-0.15, -0.1) is 5.10 Å². The van der Waals surface area contributed by atoms with Gasteiger partial charge in [0.15, 0.2) is 0 Å². The molecule has 0 radical (unpaired) electrons. The van der Waals surface area contributed by atoms with Gasteiger partial charge in [0, 0.05) is 38.7 Å². The smallest absolute Gasteiger partial charge is 0.229 e. The number of anilines is 1. The van der Waals surface area contributed by atoms with E-state index in [4.69, 9.17) is 0 Å². The third kappa shape index (κ3) is 3.53. The highest BCUT2D eigenvalue weighted by molar-refractivity contribution is 7.99. The Bertz CT molecular complexity index is 524. The Morgan fingerprint density at radius 1 is 1.58 bits per heavy atom. The number of nitrogens with zero attached hydrogens (tertiary/aromatic N) is 6. The number of tetrazole rings is 1. The first-order valence-corrected chi connectivity index (χ1v) is 6.78. The zero-order valence-corrected chi connectivity index (χ0v) is 11.6. The number of hydrogen-bond donors (Lipinski definition) is 1. The quantitative estimate of drug-likeness (QED) is 0.611. The Morgan fingerprint density at radius 3 is 3.05 bits per heavy atom. The number of carbonyl (C=O) groups excluding carboxylic acids is 1. The molecule has 2 rings (SSSR count). The van der Waals surface area contributed by atoms with Gasteiger partial charge >= 0.3 is 0 Å². The summed E-state index contributed by atoms with van der Waals surface area (Å²) < 4.78 is 1.61. The molecule has 2 aromatic heterocycles. The van der Waals surface area contributed by atoms with Gasteiger partial charge in [-0.1, -0.05) is 11.8 Å². The first-order valence-electron chi connectivity index (χ1n) is 5.79. The minimum absolute atomic E-state index is 0.0339. The monoisotopic (exact) mass is 281 g/mol. The molecule has 102 valence electrons. The maximum atomic E-state index is 11.9. The second-order valence-corrected chi connectivity index (χ2v) is 4.96. The average Bonchev–Trinajstić information content (AvgIpc) is 3.05. The highest BCUT2D eigenvalue weighted by Gasteiger charge is 2.12. The molecule has 0 aliphatic heterocycles. The molecule has 0 fully saturated rings. The Labute approximate surface area is 114 Å². The molecule has 0 bridgehead atoms. The number of carbonyl (C=O) groups is 1. The van der Waals surface area contributed by atoms with Gasteiger partial charge in [0.25, 0.3) is 0 Å². The van der Waals surface area contributed by atoms with E-state index in [1.54, 1.807) is 31.2 Å². The van der Waals surface area contributed by atoms with E-state index in [0.717, 1.165) is 17.3 Å². The molecule has 0 atom stereocenters. The molecule has 0 aliphatic rings. The molecule has 19 heavy (non-hydrogen) atoms. The summed E-state index contributed by atoms with van der Waals surface area (Å²) >= 11 is 1.54. The molecule has 0 saturated carbocycles. The van der Waals surface area contributed by atoms with Gasteiger partial charge in [-0.2, -0.15) is 0 Å². The number of aromatic nitrogens is 6. The lowest BCUT2D eigenvalue weighted by atomic mass is 10.3. The number of nitrogens with one attached hydrogen (secondary N) is 1. The van der Waals surface area contributed by atoms with Gasteiger partial charge in [0.1, 0.15) is 0 Å². The molecule has 0 aromatic carbocycles. The maximum Gasteiger partial charge on any atom is 0.229 e. The SMILES string of the molecule is CN(C(=O)CCCSc1nnnn1C)c1ncc[nH]1. The lowest BCUT2D eigenvalue weighted by Crippen LogP contribution is -2.27. The zero-order chi connectivity index (χ0) is 13.7. The van der Waals surface area contributed by atoms with Crippen LogP contribution in [0, 0.1) is 0 Å². The minimum atomic E-state index is 0.0339. The minimum Gasteiger partial charge on any atom is -0.331 e. The first-order chi connectivity index (χ1) is 9.18. The number of amides is 1. The Morgan fingerprint density at radius 2 is 2.42 bits per heavy atom. The maximum absolute atomic E-state index is 11.9. The summed E-state index contributed by atoms with van der Waals surface area (Å²) in [6, 6.07) is 0. The van der Waals surface area contributed by atoms with E-state index in [2.05, 4.69) is 25.5 Å². The first kappa shape index (κ1) is 13.5. The van der Waals surface area contributed by atoms with Gasteiger partial charge in [-0.3, -0.25) is 9.69 Å². The summed E-state index contributed by atoms with van der Waals surface area (Å²) in [6.45, 7) is 0. The van der Waals surface area contributed by atoms with Crippen molar-refractivity contribution in [1.29, 1.82) is 0 Å². The van der Waals surface area contributed by atoms with Crippen molar-refractivity contribution >= 4 is 23.6 Å². The van der Waals surface area contributed by atoms with Crippen molar-refractivity contribution < 1.29 is 4.79 Å². The number of hydrogen-bond acceptors (Lipinski definition) is 6. The fourth-order valence-electron chi connectivity index (χ4n) is 1.46. The third-order valence-electron chi connectivity index (χ3n) is 2.52. The molecule has 1 amide bonds. The molecule has 2 aromatic rings. The number of aromatic amines is 1. The van der Waals surface area contributed by atoms with Crippen molar-refractivity contribution in [3.63, 3.8) is 0 Å². The van der Waals surface area contributed by atoms with Gasteiger partial charge in [-0.05, 0) is 16.8 Å². The predicted octanol–water partition coefficient (Wildman–Crippen LogP) is 0.468. The van der Waals surface area contributed by atoms with Gasteiger partial charge in [0.05, 0.1) is 0 Å². The van der Waals surface area contributed by atoms with Crippen LogP contribution in [0.3, 0.4) is 0 Å². The van der Waals surface area contributed by atoms with Crippen LogP contribution in [-0.4, -0.2) is 48.9 Å². The van der Waals surface area contributed by atoms with E-state index < -0.39 is 0 Å². The summed E-state index contributed by atoms with van der Waals surface area (Å²) in [6.07, 6.45) is 4.54. The largest absolute Gasteiger partial charge is 0.331 e. The van der Waals surface area contributed by atoms with Crippen LogP contribution in [0.4, 0.5) is 5.95 Å². The number of rotatable bonds is 6. The highest BCUT2D eigenvalue weighted by Crippen LogP contribution is 2.15. The van der Waals surface area contributed by atoms with Crippen molar-refractivity contribution in [1.82, 2.24) is 30.2 Å². The van der Waals surface area contributed by atoms with E-state index in [1.165, 1.54) is 16.7 Å². The van der Waals surface area contributed by atoms with Gasteiger partial charge in [-0.25, -0.2) is 9.67 Å². The molecule has 9 heteroatoms.